The zero-order chi connectivity index (χ0) is 15.4. The van der Waals surface area contributed by atoms with E-state index in [1.807, 2.05) is 13.0 Å². The Balaban J connectivity index is 2.31. The number of para-hydroxylation sites is 1. The molecule has 21 heavy (non-hydrogen) atoms. The number of carbonyl (C=O) groups is 1. The minimum atomic E-state index is -0.667. The van der Waals surface area contributed by atoms with Crippen molar-refractivity contribution in [3.63, 3.8) is 0 Å². The summed E-state index contributed by atoms with van der Waals surface area (Å²) in [7, 11) is 0. The summed E-state index contributed by atoms with van der Waals surface area (Å²) in [6.45, 7) is 2.34. The van der Waals surface area contributed by atoms with Crippen LogP contribution in [0.25, 0.3) is 0 Å². The fourth-order valence-corrected chi connectivity index (χ4v) is 2.90. The molecule has 0 fully saturated rings. The SMILES string of the molecule is CCNc1nccc(C(=O)Nc2c(Br)cccc2Br)c1F. The molecule has 2 N–H and O–H groups in total. The second kappa shape index (κ2) is 7.00. The van der Waals surface area contributed by atoms with Crippen LogP contribution in [0.5, 0.6) is 0 Å². The number of pyridine rings is 1. The van der Waals surface area contributed by atoms with E-state index >= 15 is 0 Å². The van der Waals surface area contributed by atoms with Crippen LogP contribution in [0.4, 0.5) is 15.9 Å². The van der Waals surface area contributed by atoms with Crippen LogP contribution < -0.4 is 10.6 Å². The Morgan fingerprint density at radius 1 is 1.29 bits per heavy atom. The van der Waals surface area contributed by atoms with Gasteiger partial charge in [0.15, 0.2) is 11.6 Å². The fourth-order valence-electron chi connectivity index (χ4n) is 1.71. The molecule has 0 saturated carbocycles. The van der Waals surface area contributed by atoms with Crippen LogP contribution in [0.1, 0.15) is 17.3 Å². The van der Waals surface area contributed by atoms with Crippen molar-refractivity contribution < 1.29 is 9.18 Å². The summed E-state index contributed by atoms with van der Waals surface area (Å²) >= 11 is 6.69. The molecule has 0 bridgehead atoms. The lowest BCUT2D eigenvalue weighted by molar-refractivity contribution is 0.102. The minimum Gasteiger partial charge on any atom is -0.368 e. The third-order valence-electron chi connectivity index (χ3n) is 2.68. The molecule has 2 aromatic rings. The number of nitrogens with zero attached hydrogens (tertiary/aromatic N) is 1. The van der Waals surface area contributed by atoms with E-state index in [4.69, 9.17) is 0 Å². The number of amides is 1. The van der Waals surface area contributed by atoms with E-state index in [0.717, 1.165) is 0 Å². The first-order valence-electron chi connectivity index (χ1n) is 6.18. The molecule has 0 aliphatic carbocycles. The number of aromatic nitrogens is 1. The van der Waals surface area contributed by atoms with Crippen molar-refractivity contribution in [2.24, 2.45) is 0 Å². The predicted molar refractivity (Wildman–Crippen MR) is 88.2 cm³/mol. The van der Waals surface area contributed by atoms with Crippen LogP contribution in [0.3, 0.4) is 0 Å². The molecule has 1 aromatic heterocycles. The Bertz CT molecular complexity index is 659. The zero-order valence-electron chi connectivity index (χ0n) is 11.1. The number of carbonyl (C=O) groups excluding carboxylic acids is 1. The van der Waals surface area contributed by atoms with Gasteiger partial charge in [-0.3, -0.25) is 4.79 Å². The third-order valence-corrected chi connectivity index (χ3v) is 4.00. The van der Waals surface area contributed by atoms with E-state index < -0.39 is 11.7 Å². The predicted octanol–water partition coefficient (Wildman–Crippen LogP) is 4.43. The van der Waals surface area contributed by atoms with E-state index in [9.17, 15) is 9.18 Å². The van der Waals surface area contributed by atoms with Gasteiger partial charge in [0.2, 0.25) is 0 Å². The van der Waals surface area contributed by atoms with Crippen LogP contribution in [0, 0.1) is 5.82 Å². The van der Waals surface area contributed by atoms with Gasteiger partial charge in [0, 0.05) is 21.7 Å². The summed E-state index contributed by atoms with van der Waals surface area (Å²) in [6.07, 6.45) is 1.39. The normalized spacial score (nSPS) is 10.3. The Hall–Kier alpha value is -1.47. The van der Waals surface area contributed by atoms with Crippen molar-refractivity contribution in [2.45, 2.75) is 6.92 Å². The fraction of sp³-hybridized carbons (Fsp3) is 0.143. The highest BCUT2D eigenvalue weighted by molar-refractivity contribution is 9.11. The smallest absolute Gasteiger partial charge is 0.258 e. The number of anilines is 2. The standard InChI is InChI=1S/C14H12Br2FN3O/c1-2-18-13-11(17)8(6-7-19-13)14(21)20-12-9(15)4-3-5-10(12)16/h3-7H,2H2,1H3,(H,18,19)(H,20,21). The Labute approximate surface area is 138 Å². The lowest BCUT2D eigenvalue weighted by Crippen LogP contribution is -2.16. The van der Waals surface area contributed by atoms with Crippen molar-refractivity contribution in [1.29, 1.82) is 0 Å². The summed E-state index contributed by atoms with van der Waals surface area (Å²) in [4.78, 5) is 16.1. The number of benzene rings is 1. The van der Waals surface area contributed by atoms with Gasteiger partial charge >= 0.3 is 0 Å². The molecule has 0 unspecified atom stereocenters. The summed E-state index contributed by atoms with van der Waals surface area (Å²) in [5.74, 6) is -1.14. The summed E-state index contributed by atoms with van der Waals surface area (Å²) in [6, 6.07) is 6.73. The summed E-state index contributed by atoms with van der Waals surface area (Å²) in [5.41, 5.74) is 0.479. The number of nitrogens with one attached hydrogen (secondary N) is 2. The molecule has 0 spiro atoms. The van der Waals surface area contributed by atoms with E-state index in [-0.39, 0.29) is 11.4 Å². The third kappa shape index (κ3) is 3.59. The van der Waals surface area contributed by atoms with E-state index in [1.54, 1.807) is 12.1 Å². The van der Waals surface area contributed by atoms with Crippen LogP contribution in [0.2, 0.25) is 0 Å². The Kier molecular flexibility index (Phi) is 5.30. The Morgan fingerprint density at radius 2 is 1.95 bits per heavy atom. The minimum absolute atomic E-state index is 0.0661. The monoisotopic (exact) mass is 415 g/mol. The van der Waals surface area contributed by atoms with Gasteiger partial charge in [-0.15, -0.1) is 0 Å². The number of hydrogen-bond donors (Lipinski definition) is 2. The van der Waals surface area contributed by atoms with Gasteiger partial charge < -0.3 is 10.6 Å². The molecular weight excluding hydrogens is 405 g/mol. The molecule has 0 aliphatic heterocycles. The van der Waals surface area contributed by atoms with Gasteiger partial charge in [0.25, 0.3) is 5.91 Å². The average molecular weight is 417 g/mol. The molecule has 0 saturated heterocycles. The molecular formula is C14H12Br2FN3O. The van der Waals surface area contributed by atoms with Crippen LogP contribution >= 0.6 is 31.9 Å². The van der Waals surface area contributed by atoms with Crippen molar-refractivity contribution in [3.05, 3.63) is 50.8 Å². The van der Waals surface area contributed by atoms with Crippen molar-refractivity contribution in [2.75, 3.05) is 17.2 Å². The van der Waals surface area contributed by atoms with Crippen LogP contribution in [-0.4, -0.2) is 17.4 Å². The molecule has 0 atom stereocenters. The van der Waals surface area contributed by atoms with Gasteiger partial charge in [-0.2, -0.15) is 0 Å². The Morgan fingerprint density at radius 3 is 2.57 bits per heavy atom. The maximum absolute atomic E-state index is 14.2. The van der Waals surface area contributed by atoms with Crippen LogP contribution in [0.15, 0.2) is 39.4 Å². The maximum Gasteiger partial charge on any atom is 0.258 e. The van der Waals surface area contributed by atoms with Gasteiger partial charge in [-0.05, 0) is 57.0 Å². The van der Waals surface area contributed by atoms with Crippen molar-refractivity contribution in [3.8, 4) is 0 Å². The molecule has 4 nitrogen and oxygen atoms in total. The highest BCUT2D eigenvalue weighted by Gasteiger charge is 2.17. The highest BCUT2D eigenvalue weighted by Crippen LogP contribution is 2.31. The van der Waals surface area contributed by atoms with Crippen LogP contribution in [-0.2, 0) is 0 Å². The average Bonchev–Trinajstić information content (AvgIpc) is 2.45. The molecule has 1 amide bonds. The number of hydrogen-bond acceptors (Lipinski definition) is 3. The number of rotatable bonds is 4. The topological polar surface area (TPSA) is 54.0 Å². The number of halogens is 3. The summed E-state index contributed by atoms with van der Waals surface area (Å²) in [5, 5.41) is 5.45. The van der Waals surface area contributed by atoms with Crippen molar-refractivity contribution in [1.82, 2.24) is 4.98 Å². The molecule has 0 radical (unpaired) electrons. The van der Waals surface area contributed by atoms with Gasteiger partial charge in [0.1, 0.15) is 0 Å². The molecule has 110 valence electrons. The second-order valence-electron chi connectivity index (χ2n) is 4.10. The van der Waals surface area contributed by atoms with E-state index in [1.165, 1.54) is 12.3 Å². The maximum atomic E-state index is 14.2. The largest absolute Gasteiger partial charge is 0.368 e. The first kappa shape index (κ1) is 15.9. The lowest BCUT2D eigenvalue weighted by Gasteiger charge is -2.11. The lowest BCUT2D eigenvalue weighted by atomic mass is 10.2. The molecule has 0 aliphatic rings. The van der Waals surface area contributed by atoms with Gasteiger partial charge in [-0.25, -0.2) is 9.37 Å². The molecule has 7 heteroatoms. The van der Waals surface area contributed by atoms with Gasteiger partial charge in [-0.1, -0.05) is 6.07 Å². The highest BCUT2D eigenvalue weighted by atomic mass is 79.9. The first-order valence-corrected chi connectivity index (χ1v) is 7.77. The van der Waals surface area contributed by atoms with Crippen molar-refractivity contribution >= 4 is 49.3 Å². The first-order chi connectivity index (χ1) is 10.0. The summed E-state index contributed by atoms with van der Waals surface area (Å²) < 4.78 is 15.6. The second-order valence-corrected chi connectivity index (χ2v) is 5.81. The van der Waals surface area contributed by atoms with Gasteiger partial charge in [0.05, 0.1) is 11.3 Å². The zero-order valence-corrected chi connectivity index (χ0v) is 14.3. The molecule has 1 aromatic carbocycles. The molecule has 2 rings (SSSR count). The van der Waals surface area contributed by atoms with E-state index in [2.05, 4.69) is 47.5 Å². The van der Waals surface area contributed by atoms with E-state index in [0.29, 0.717) is 21.2 Å². The molecule has 1 heterocycles. The quantitative estimate of drug-likeness (QED) is 0.775.